The smallest absolute Gasteiger partial charge is 0.333 e. The Morgan fingerprint density at radius 3 is 2.29 bits per heavy atom. The van der Waals surface area contributed by atoms with Crippen LogP contribution >= 0.6 is 0 Å². The van der Waals surface area contributed by atoms with E-state index in [1.165, 1.54) is 0 Å². The molecule has 4 atom stereocenters. The molecule has 2 aromatic rings. The highest BCUT2D eigenvalue weighted by atomic mass is 16.2. The van der Waals surface area contributed by atoms with Gasteiger partial charge in [-0.1, -0.05) is 80.9 Å². The Kier molecular flexibility index (Phi) is 7.40. The van der Waals surface area contributed by atoms with Crippen molar-refractivity contribution in [2.24, 2.45) is 5.92 Å². The van der Waals surface area contributed by atoms with Crippen molar-refractivity contribution in [3.05, 3.63) is 71.8 Å². The second-order valence-corrected chi connectivity index (χ2v) is 9.49. The lowest BCUT2D eigenvalue weighted by molar-refractivity contribution is -0.192. The number of benzene rings is 2. The maximum atomic E-state index is 13.8. The third kappa shape index (κ3) is 4.89. The Morgan fingerprint density at radius 2 is 1.66 bits per heavy atom. The van der Waals surface area contributed by atoms with Crippen LogP contribution in [-0.2, 0) is 16.1 Å². The predicted molar refractivity (Wildman–Crippen MR) is 134 cm³/mol. The van der Waals surface area contributed by atoms with Gasteiger partial charge in [-0.25, -0.2) is 14.8 Å². The molecule has 2 aliphatic heterocycles. The van der Waals surface area contributed by atoms with Gasteiger partial charge in [-0.05, 0) is 24.0 Å². The van der Waals surface area contributed by atoms with E-state index in [4.69, 9.17) is 0 Å². The molecule has 2 saturated heterocycles. The van der Waals surface area contributed by atoms with E-state index in [0.29, 0.717) is 6.54 Å². The molecule has 2 heterocycles. The van der Waals surface area contributed by atoms with Gasteiger partial charge in [0.1, 0.15) is 12.2 Å². The molecule has 186 valence electrons. The quantitative estimate of drug-likeness (QED) is 0.693. The Hall–Kier alpha value is -3.39. The number of urea groups is 1. The van der Waals surface area contributed by atoms with Gasteiger partial charge >= 0.3 is 6.03 Å². The van der Waals surface area contributed by atoms with Gasteiger partial charge in [0.2, 0.25) is 11.8 Å². The Labute approximate surface area is 207 Å². The van der Waals surface area contributed by atoms with E-state index in [9.17, 15) is 14.4 Å². The molecule has 0 bridgehead atoms. The molecule has 0 aromatic heterocycles. The lowest BCUT2D eigenvalue weighted by Crippen LogP contribution is -2.76. The number of rotatable bonds is 6. The summed E-state index contributed by atoms with van der Waals surface area (Å²) in [4.78, 5) is 44.0. The Bertz CT molecular complexity index is 1050. The fourth-order valence-electron chi connectivity index (χ4n) is 5.07. The van der Waals surface area contributed by atoms with Gasteiger partial charge in [0.15, 0.2) is 0 Å². The summed E-state index contributed by atoms with van der Waals surface area (Å²) in [6.07, 6.45) is 0.163. The van der Waals surface area contributed by atoms with Crippen LogP contribution in [0.5, 0.6) is 0 Å². The highest BCUT2D eigenvalue weighted by Gasteiger charge is 2.52. The zero-order valence-corrected chi connectivity index (χ0v) is 20.9. The van der Waals surface area contributed by atoms with Crippen LogP contribution in [-0.4, -0.2) is 70.0 Å². The van der Waals surface area contributed by atoms with Gasteiger partial charge in [-0.3, -0.25) is 9.59 Å². The summed E-state index contributed by atoms with van der Waals surface area (Å²) >= 11 is 0. The summed E-state index contributed by atoms with van der Waals surface area (Å²) in [7, 11) is 1.75. The molecule has 4 rings (SSSR count). The van der Waals surface area contributed by atoms with Crippen molar-refractivity contribution in [3.63, 3.8) is 0 Å². The van der Waals surface area contributed by atoms with E-state index in [2.05, 4.69) is 5.32 Å². The van der Waals surface area contributed by atoms with Crippen LogP contribution in [0.15, 0.2) is 60.7 Å². The summed E-state index contributed by atoms with van der Waals surface area (Å²) in [6, 6.07) is 18.5. The van der Waals surface area contributed by atoms with Crippen LogP contribution in [0.3, 0.4) is 0 Å². The Balaban J connectivity index is 1.66. The minimum Gasteiger partial charge on any atom is -0.333 e. The van der Waals surface area contributed by atoms with Crippen molar-refractivity contribution in [2.75, 3.05) is 20.1 Å². The van der Waals surface area contributed by atoms with Crippen molar-refractivity contribution < 1.29 is 14.4 Å². The summed E-state index contributed by atoms with van der Waals surface area (Å²) in [5.41, 5.74) is 2.01. The molecule has 35 heavy (non-hydrogen) atoms. The lowest BCUT2D eigenvalue weighted by atomic mass is 9.91. The lowest BCUT2D eigenvalue weighted by Gasteiger charge is -2.56. The van der Waals surface area contributed by atoms with Gasteiger partial charge < -0.3 is 15.1 Å². The highest BCUT2D eigenvalue weighted by molar-refractivity contribution is 5.92. The number of nitrogens with one attached hydrogen (secondary N) is 1. The summed E-state index contributed by atoms with van der Waals surface area (Å²) < 4.78 is 0. The first-order valence-corrected chi connectivity index (χ1v) is 12.3. The van der Waals surface area contributed by atoms with Gasteiger partial charge in [0, 0.05) is 13.6 Å². The monoisotopic (exact) mass is 477 g/mol. The van der Waals surface area contributed by atoms with Gasteiger partial charge in [-0.2, -0.15) is 0 Å². The van der Waals surface area contributed by atoms with Crippen LogP contribution in [0, 0.1) is 5.92 Å². The number of carbonyl (C=O) groups excluding carboxylic acids is 3. The van der Waals surface area contributed by atoms with Gasteiger partial charge in [0.25, 0.3) is 0 Å². The molecule has 1 N–H and O–H groups in total. The number of likely N-dealkylation sites (N-methyl/N-ethyl adjacent to an activating group) is 1. The third-order valence-corrected chi connectivity index (χ3v) is 7.25. The molecule has 2 fully saturated rings. The fraction of sp³-hybridized carbons (Fsp3) is 0.444. The average Bonchev–Trinajstić information content (AvgIpc) is 2.87. The van der Waals surface area contributed by atoms with E-state index < -0.39 is 12.2 Å². The molecule has 4 amide bonds. The van der Waals surface area contributed by atoms with Crippen molar-refractivity contribution in [3.8, 4) is 0 Å². The summed E-state index contributed by atoms with van der Waals surface area (Å²) in [5, 5.41) is 6.27. The molecule has 0 aliphatic carbocycles. The number of carbonyl (C=O) groups is 3. The van der Waals surface area contributed by atoms with E-state index in [1.54, 1.807) is 22.0 Å². The first-order valence-electron chi connectivity index (χ1n) is 12.3. The second kappa shape index (κ2) is 10.5. The summed E-state index contributed by atoms with van der Waals surface area (Å²) in [6.45, 7) is 6.70. The Morgan fingerprint density at radius 1 is 1.03 bits per heavy atom. The topological polar surface area (TPSA) is 76.2 Å². The van der Waals surface area contributed by atoms with E-state index in [0.717, 1.165) is 17.5 Å². The number of fused-ring (bicyclic) bond motifs is 1. The van der Waals surface area contributed by atoms with Crippen LogP contribution in [0.1, 0.15) is 44.4 Å². The molecule has 0 saturated carbocycles. The predicted octanol–water partition coefficient (Wildman–Crippen LogP) is 3.23. The van der Waals surface area contributed by atoms with E-state index in [1.807, 2.05) is 86.3 Å². The largest absolute Gasteiger partial charge is 0.334 e. The molecule has 2 aliphatic rings. The molecule has 0 spiro atoms. The van der Waals surface area contributed by atoms with Crippen molar-refractivity contribution >= 4 is 17.8 Å². The van der Waals surface area contributed by atoms with E-state index in [-0.39, 0.29) is 42.9 Å². The standard InChI is InChI=1S/C27H35N5O3/c1-5-19(2)25-26(34)30(20(3)22-14-10-7-11-15-22)17-23-31(25)24(33)18-29(4)32(23)27(35)28-16-21-12-8-6-9-13-21/h6-15,19-20,23,25H,5,16-18H2,1-4H3,(H,28,35)/t19?,20-,23+,25+/m1/s1. The zero-order chi connectivity index (χ0) is 25.1. The van der Waals surface area contributed by atoms with Gasteiger partial charge in [-0.15, -0.1) is 0 Å². The fourth-order valence-corrected chi connectivity index (χ4v) is 5.07. The van der Waals surface area contributed by atoms with Crippen LogP contribution in [0.2, 0.25) is 0 Å². The molecular weight excluding hydrogens is 442 g/mol. The number of nitrogens with zero attached hydrogens (tertiary/aromatic N) is 4. The number of amides is 4. The summed E-state index contributed by atoms with van der Waals surface area (Å²) in [5.74, 6) is -0.234. The molecule has 8 heteroatoms. The maximum absolute atomic E-state index is 13.8. The number of piperazine rings is 1. The average molecular weight is 478 g/mol. The van der Waals surface area contributed by atoms with Crippen molar-refractivity contribution in [1.29, 1.82) is 0 Å². The number of hydrogen-bond donors (Lipinski definition) is 1. The molecule has 8 nitrogen and oxygen atoms in total. The maximum Gasteiger partial charge on any atom is 0.334 e. The minimum atomic E-state index is -0.615. The second-order valence-electron chi connectivity index (χ2n) is 9.49. The van der Waals surface area contributed by atoms with Crippen LogP contribution in [0.25, 0.3) is 0 Å². The SMILES string of the molecule is CCC(C)[C@H]1C(=O)N([C@H](C)c2ccccc2)C[C@H]2N1C(=O)CN(C)N2C(=O)NCc1ccccc1. The zero-order valence-electron chi connectivity index (χ0n) is 20.9. The molecule has 1 unspecified atom stereocenters. The van der Waals surface area contributed by atoms with Crippen molar-refractivity contribution in [1.82, 2.24) is 25.1 Å². The minimum absolute atomic E-state index is 0.0441. The molecular formula is C27H35N5O3. The van der Waals surface area contributed by atoms with Gasteiger partial charge in [0.05, 0.1) is 19.1 Å². The highest BCUT2D eigenvalue weighted by Crippen LogP contribution is 2.34. The first-order chi connectivity index (χ1) is 16.8. The third-order valence-electron chi connectivity index (χ3n) is 7.25. The van der Waals surface area contributed by atoms with E-state index >= 15 is 0 Å². The first kappa shape index (κ1) is 24.7. The van der Waals surface area contributed by atoms with Crippen molar-refractivity contribution in [2.45, 2.75) is 52.0 Å². The molecule has 2 aromatic carbocycles. The van der Waals surface area contributed by atoms with Crippen LogP contribution in [0.4, 0.5) is 4.79 Å². The molecule has 0 radical (unpaired) electrons. The number of hydrazine groups is 1. The normalized spacial score (nSPS) is 22.6. The number of hydrogen-bond acceptors (Lipinski definition) is 4. The van der Waals surface area contributed by atoms with Crippen LogP contribution < -0.4 is 5.32 Å².